The van der Waals surface area contributed by atoms with E-state index >= 15 is 0 Å². The predicted octanol–water partition coefficient (Wildman–Crippen LogP) is 2.57. The molecule has 0 aromatic carbocycles. The van der Waals surface area contributed by atoms with Gasteiger partial charge in [-0.05, 0) is 51.4 Å². The van der Waals surface area contributed by atoms with Crippen LogP contribution in [0.3, 0.4) is 0 Å². The molecule has 0 aliphatic carbocycles. The molecule has 1 unspecified atom stereocenters. The summed E-state index contributed by atoms with van der Waals surface area (Å²) in [6.45, 7) is 8.20. The smallest absolute Gasteiger partial charge is 0.233 e. The first kappa shape index (κ1) is 14.0. The molecule has 2 aliphatic rings. The molecule has 0 radical (unpaired) electrons. The zero-order chi connectivity index (χ0) is 14.1. The Labute approximate surface area is 124 Å². The minimum absolute atomic E-state index is 0.0671. The lowest BCUT2D eigenvalue weighted by Crippen LogP contribution is -2.36. The molecule has 2 aliphatic heterocycles. The van der Waals surface area contributed by atoms with Gasteiger partial charge in [-0.2, -0.15) is 0 Å². The molecule has 1 atom stereocenters. The maximum absolute atomic E-state index is 12.1. The highest BCUT2D eigenvalue weighted by Gasteiger charge is 2.35. The van der Waals surface area contributed by atoms with Crippen LogP contribution in [0.4, 0.5) is 0 Å². The Morgan fingerprint density at radius 2 is 2.05 bits per heavy atom. The number of aryl methyl sites for hydroxylation is 2. The maximum Gasteiger partial charge on any atom is 0.233 e. The van der Waals surface area contributed by atoms with Gasteiger partial charge in [-0.3, -0.25) is 4.79 Å². The Morgan fingerprint density at radius 3 is 2.70 bits per heavy atom. The second kappa shape index (κ2) is 5.82. The van der Waals surface area contributed by atoms with Crippen molar-refractivity contribution in [2.45, 2.75) is 32.1 Å². The van der Waals surface area contributed by atoms with Gasteiger partial charge in [0.25, 0.3) is 0 Å². The largest absolute Gasteiger partial charge is 0.463 e. The van der Waals surface area contributed by atoms with Crippen molar-refractivity contribution in [3.63, 3.8) is 0 Å². The lowest BCUT2D eigenvalue weighted by Gasteiger charge is -2.25. The number of likely N-dealkylation sites (tertiary alicyclic amines) is 1. The van der Waals surface area contributed by atoms with E-state index in [2.05, 4.69) is 17.9 Å². The van der Waals surface area contributed by atoms with Gasteiger partial charge in [0.05, 0.1) is 5.75 Å². The van der Waals surface area contributed by atoms with Gasteiger partial charge in [0.1, 0.15) is 16.9 Å². The summed E-state index contributed by atoms with van der Waals surface area (Å²) in [7, 11) is 0. The summed E-state index contributed by atoms with van der Waals surface area (Å²) in [5.74, 6) is 2.70. The SMILES string of the molecule is Cc1cc(C2SCC(=O)N2CCN2CCCC2)oc1C. The molecule has 0 N–H and O–H groups in total. The van der Waals surface area contributed by atoms with E-state index in [0.717, 1.165) is 24.6 Å². The number of rotatable bonds is 4. The van der Waals surface area contributed by atoms with Crippen LogP contribution < -0.4 is 0 Å². The molecule has 1 aromatic rings. The van der Waals surface area contributed by atoms with E-state index < -0.39 is 0 Å². The highest BCUT2D eigenvalue weighted by atomic mass is 32.2. The van der Waals surface area contributed by atoms with E-state index in [4.69, 9.17) is 4.42 Å². The minimum Gasteiger partial charge on any atom is -0.463 e. The molecule has 5 heteroatoms. The van der Waals surface area contributed by atoms with Crippen molar-refractivity contribution >= 4 is 17.7 Å². The second-order valence-electron chi connectivity index (χ2n) is 5.69. The van der Waals surface area contributed by atoms with Gasteiger partial charge in [0.15, 0.2) is 0 Å². The van der Waals surface area contributed by atoms with Crippen molar-refractivity contribution < 1.29 is 9.21 Å². The maximum atomic E-state index is 12.1. The Bertz CT molecular complexity index is 475. The van der Waals surface area contributed by atoms with Crippen molar-refractivity contribution in [3.05, 3.63) is 23.2 Å². The molecule has 3 rings (SSSR count). The Hall–Kier alpha value is -0.940. The van der Waals surface area contributed by atoms with Gasteiger partial charge in [-0.25, -0.2) is 0 Å². The van der Waals surface area contributed by atoms with Crippen molar-refractivity contribution in [3.8, 4) is 0 Å². The number of carbonyl (C=O) groups excluding carboxylic acids is 1. The molecule has 20 heavy (non-hydrogen) atoms. The standard InChI is InChI=1S/C15H22N2O2S/c1-11-9-13(19-12(11)2)15-17(14(18)10-20-15)8-7-16-5-3-4-6-16/h9,15H,3-8,10H2,1-2H3. The van der Waals surface area contributed by atoms with Crippen molar-refractivity contribution in [1.82, 2.24) is 9.80 Å². The molecular weight excluding hydrogens is 272 g/mol. The highest BCUT2D eigenvalue weighted by molar-refractivity contribution is 8.00. The molecule has 0 saturated carbocycles. The second-order valence-corrected chi connectivity index (χ2v) is 6.76. The third-order valence-corrected chi connectivity index (χ3v) is 5.47. The fraction of sp³-hybridized carbons (Fsp3) is 0.667. The molecular formula is C15H22N2O2S. The molecule has 4 nitrogen and oxygen atoms in total. The number of carbonyl (C=O) groups is 1. The molecule has 0 spiro atoms. The topological polar surface area (TPSA) is 36.7 Å². The van der Waals surface area contributed by atoms with Crippen molar-refractivity contribution in [2.75, 3.05) is 31.9 Å². The fourth-order valence-electron chi connectivity index (χ4n) is 2.91. The van der Waals surface area contributed by atoms with Gasteiger partial charge in [-0.1, -0.05) is 0 Å². The van der Waals surface area contributed by atoms with Crippen LogP contribution in [0.5, 0.6) is 0 Å². The Morgan fingerprint density at radius 1 is 1.30 bits per heavy atom. The summed E-state index contributed by atoms with van der Waals surface area (Å²) in [4.78, 5) is 16.5. The normalized spacial score (nSPS) is 24.0. The first-order chi connectivity index (χ1) is 9.65. The van der Waals surface area contributed by atoms with Crippen LogP contribution in [-0.4, -0.2) is 47.6 Å². The number of thioether (sulfide) groups is 1. The Balaban J connectivity index is 1.67. The van der Waals surface area contributed by atoms with Gasteiger partial charge in [-0.15, -0.1) is 11.8 Å². The first-order valence-electron chi connectivity index (χ1n) is 7.35. The first-order valence-corrected chi connectivity index (χ1v) is 8.40. The Kier molecular flexibility index (Phi) is 4.08. The average Bonchev–Trinajstić information content (AvgIpc) is 3.10. The highest BCUT2D eigenvalue weighted by Crippen LogP contribution is 2.39. The predicted molar refractivity (Wildman–Crippen MR) is 80.8 cm³/mol. The molecule has 1 amide bonds. The number of nitrogens with zero attached hydrogens (tertiary/aromatic N) is 2. The molecule has 1 aromatic heterocycles. The summed E-state index contributed by atoms with van der Waals surface area (Å²) in [5.41, 5.74) is 1.17. The third kappa shape index (κ3) is 2.74. The molecule has 0 bridgehead atoms. The van der Waals surface area contributed by atoms with Crippen LogP contribution in [0, 0.1) is 13.8 Å². The van der Waals surface area contributed by atoms with Crippen LogP contribution in [0.15, 0.2) is 10.5 Å². The van der Waals surface area contributed by atoms with Crippen molar-refractivity contribution in [1.29, 1.82) is 0 Å². The van der Waals surface area contributed by atoms with Gasteiger partial charge >= 0.3 is 0 Å². The number of hydrogen-bond donors (Lipinski definition) is 0. The summed E-state index contributed by atoms with van der Waals surface area (Å²) >= 11 is 1.68. The third-order valence-electron chi connectivity index (χ3n) is 4.25. The van der Waals surface area contributed by atoms with Crippen LogP contribution in [0.1, 0.15) is 35.3 Å². The van der Waals surface area contributed by atoms with Crippen LogP contribution >= 0.6 is 11.8 Å². The number of amides is 1. The number of furan rings is 1. The van der Waals surface area contributed by atoms with Gasteiger partial charge in [0.2, 0.25) is 5.91 Å². The van der Waals surface area contributed by atoms with Crippen LogP contribution in [0.25, 0.3) is 0 Å². The number of hydrogen-bond acceptors (Lipinski definition) is 4. The average molecular weight is 294 g/mol. The fourth-order valence-corrected chi connectivity index (χ4v) is 4.06. The lowest BCUT2D eigenvalue weighted by atomic mass is 10.2. The monoisotopic (exact) mass is 294 g/mol. The zero-order valence-electron chi connectivity index (χ0n) is 12.2. The summed E-state index contributed by atoms with van der Waals surface area (Å²) in [5, 5.41) is 0.0671. The van der Waals surface area contributed by atoms with E-state index in [0.29, 0.717) is 5.75 Å². The minimum atomic E-state index is 0.0671. The lowest BCUT2D eigenvalue weighted by molar-refractivity contribution is -0.128. The quantitative estimate of drug-likeness (QED) is 0.855. The molecule has 2 fully saturated rings. The van der Waals surface area contributed by atoms with Gasteiger partial charge in [0, 0.05) is 13.1 Å². The zero-order valence-corrected chi connectivity index (χ0v) is 13.0. The molecule has 3 heterocycles. The van der Waals surface area contributed by atoms with E-state index in [-0.39, 0.29) is 11.3 Å². The molecule has 2 saturated heterocycles. The van der Waals surface area contributed by atoms with Crippen molar-refractivity contribution in [2.24, 2.45) is 0 Å². The molecule has 110 valence electrons. The summed E-state index contributed by atoms with van der Waals surface area (Å²) in [6.07, 6.45) is 2.59. The van der Waals surface area contributed by atoms with Gasteiger partial charge < -0.3 is 14.2 Å². The van der Waals surface area contributed by atoms with Crippen LogP contribution in [-0.2, 0) is 4.79 Å². The van der Waals surface area contributed by atoms with E-state index in [1.54, 1.807) is 11.8 Å². The summed E-state index contributed by atoms with van der Waals surface area (Å²) < 4.78 is 5.82. The van der Waals surface area contributed by atoms with Crippen LogP contribution in [0.2, 0.25) is 0 Å². The van der Waals surface area contributed by atoms with E-state index in [1.807, 2.05) is 11.8 Å². The summed E-state index contributed by atoms with van der Waals surface area (Å²) in [6, 6.07) is 2.08. The van der Waals surface area contributed by atoms with E-state index in [1.165, 1.54) is 31.5 Å². The van der Waals surface area contributed by atoms with E-state index in [9.17, 15) is 4.79 Å².